The van der Waals surface area contributed by atoms with E-state index >= 15 is 0 Å². The Morgan fingerprint density at radius 3 is 1.20 bits per heavy atom. The van der Waals surface area contributed by atoms with Crippen molar-refractivity contribution in [3.8, 4) is 5.75 Å². The molecule has 0 radical (unpaired) electrons. The lowest BCUT2D eigenvalue weighted by molar-refractivity contribution is -0.384. The average molecular weight is 727 g/mol. The zero-order valence-electron chi connectivity index (χ0n) is 29.4. The molecule has 266 valence electrons. The van der Waals surface area contributed by atoms with Gasteiger partial charge in [-0.2, -0.15) is 0 Å². The fraction of sp³-hybridized carbons (Fsp3) is 0.0851. The number of thioether (sulfide) groups is 1. The van der Waals surface area contributed by atoms with Crippen molar-refractivity contribution in [3.05, 3.63) is 250 Å². The first-order valence-corrected chi connectivity index (χ1v) is 18.7. The predicted octanol–water partition coefficient (Wildman–Crippen LogP) is 10.2. The second kappa shape index (κ2) is 16.6. The molecule has 54 heavy (non-hydrogen) atoms. The lowest BCUT2D eigenvalue weighted by atomic mass is 9.76. The quantitative estimate of drug-likeness (QED) is 0.0395. The van der Waals surface area contributed by atoms with Crippen LogP contribution in [0.1, 0.15) is 33.4 Å². The highest BCUT2D eigenvalue weighted by molar-refractivity contribution is 8.00. The Kier molecular flexibility index (Phi) is 11.1. The predicted molar refractivity (Wildman–Crippen MR) is 217 cm³/mol. The van der Waals surface area contributed by atoms with Gasteiger partial charge in [0.15, 0.2) is 0 Å². The maximum absolute atomic E-state index is 14.8. The Bertz CT molecular complexity index is 2060. The van der Waals surface area contributed by atoms with Gasteiger partial charge in [0.25, 0.3) is 5.69 Å². The summed E-state index contributed by atoms with van der Waals surface area (Å²) < 4.78 is 5.39. The number of carbonyl (C=O) groups excluding carboxylic acids is 1. The van der Waals surface area contributed by atoms with Crippen molar-refractivity contribution in [2.24, 2.45) is 0 Å². The van der Waals surface area contributed by atoms with Crippen molar-refractivity contribution in [1.29, 1.82) is 0 Å². The number of benzene rings is 7. The minimum absolute atomic E-state index is 0.0883. The van der Waals surface area contributed by atoms with E-state index in [1.54, 1.807) is 11.8 Å². The molecule has 1 atom stereocenters. The van der Waals surface area contributed by atoms with Gasteiger partial charge in [0.05, 0.1) is 15.2 Å². The molecule has 0 aliphatic carbocycles. The molecule has 7 aromatic carbocycles. The molecule has 0 amide bonds. The van der Waals surface area contributed by atoms with E-state index in [1.807, 2.05) is 109 Å². The number of non-ortho nitro benzene ring substituents is 1. The van der Waals surface area contributed by atoms with Gasteiger partial charge < -0.3 is 4.74 Å². The summed E-state index contributed by atoms with van der Waals surface area (Å²) >= 11 is 1.66. The summed E-state index contributed by atoms with van der Waals surface area (Å²) in [4.78, 5) is 25.7. The highest BCUT2D eigenvalue weighted by Gasteiger charge is 2.43. The third-order valence-corrected chi connectivity index (χ3v) is 11.2. The molecule has 0 aliphatic heterocycles. The van der Waals surface area contributed by atoms with E-state index in [0.717, 1.165) is 33.4 Å². The van der Waals surface area contributed by atoms with Crippen molar-refractivity contribution >= 4 is 23.4 Å². The van der Waals surface area contributed by atoms with Crippen molar-refractivity contribution in [3.63, 3.8) is 0 Å². The van der Waals surface area contributed by atoms with Gasteiger partial charge in [-0.25, -0.2) is 4.79 Å². The first-order chi connectivity index (χ1) is 26.5. The standard InChI is InChI=1S/C47H38N2O4S/c50-45(53-43-33-31-42(32-34-43)49(51)52)44(48-46(36-19-7-1-8-20-36,37-21-9-2-10-22-37)38-23-11-3-12-24-38)35-54-47(39-25-13-4-14-26-39,40-27-15-5-16-28-40)41-29-17-6-18-30-41/h1-34,44,48H,35H2. The van der Waals surface area contributed by atoms with Gasteiger partial charge in [0, 0.05) is 17.9 Å². The third-order valence-electron chi connectivity index (χ3n) is 9.57. The van der Waals surface area contributed by atoms with Gasteiger partial charge in [-0.1, -0.05) is 182 Å². The number of ether oxygens (including phenoxy) is 1. The van der Waals surface area contributed by atoms with Crippen molar-refractivity contribution < 1.29 is 14.5 Å². The Morgan fingerprint density at radius 1 is 0.537 bits per heavy atom. The van der Waals surface area contributed by atoms with Crippen LogP contribution in [0, 0.1) is 10.1 Å². The van der Waals surface area contributed by atoms with Crippen molar-refractivity contribution in [2.75, 3.05) is 5.75 Å². The van der Waals surface area contributed by atoms with E-state index in [-0.39, 0.29) is 17.2 Å². The van der Waals surface area contributed by atoms with Crippen LogP contribution in [0.2, 0.25) is 0 Å². The molecule has 7 rings (SSSR count). The Hall–Kier alpha value is -6.28. The molecule has 7 aromatic rings. The maximum atomic E-state index is 14.8. The fourth-order valence-electron chi connectivity index (χ4n) is 7.04. The van der Waals surface area contributed by atoms with Crippen molar-refractivity contribution in [1.82, 2.24) is 5.32 Å². The van der Waals surface area contributed by atoms with Crippen LogP contribution >= 0.6 is 11.8 Å². The number of carbonyl (C=O) groups is 1. The van der Waals surface area contributed by atoms with E-state index < -0.39 is 27.2 Å². The molecule has 1 N–H and O–H groups in total. The lowest BCUT2D eigenvalue weighted by Crippen LogP contribution is -2.55. The Balaban J connectivity index is 1.40. The number of rotatable bonds is 14. The molecular weight excluding hydrogens is 689 g/mol. The van der Waals surface area contributed by atoms with Crippen LogP contribution in [0.5, 0.6) is 5.75 Å². The van der Waals surface area contributed by atoms with Gasteiger partial charge in [-0.15, -0.1) is 11.8 Å². The van der Waals surface area contributed by atoms with Crippen LogP contribution in [-0.4, -0.2) is 22.7 Å². The van der Waals surface area contributed by atoms with Crippen LogP contribution in [0.15, 0.2) is 206 Å². The minimum atomic E-state index is -0.988. The number of nitro benzene ring substituents is 1. The molecule has 0 heterocycles. The number of hydrogen-bond acceptors (Lipinski definition) is 6. The largest absolute Gasteiger partial charge is 0.425 e. The highest BCUT2D eigenvalue weighted by atomic mass is 32.2. The summed E-state index contributed by atoms with van der Waals surface area (Å²) in [5.41, 5.74) is 4.96. The van der Waals surface area contributed by atoms with Gasteiger partial charge >= 0.3 is 5.97 Å². The average Bonchev–Trinajstić information content (AvgIpc) is 3.24. The summed E-state index contributed by atoms with van der Waals surface area (Å²) in [6.07, 6.45) is 0. The second-order valence-electron chi connectivity index (χ2n) is 12.8. The molecule has 7 heteroatoms. The monoisotopic (exact) mass is 726 g/mol. The Labute approximate surface area is 319 Å². The van der Waals surface area contributed by atoms with Gasteiger partial charge in [-0.3, -0.25) is 15.4 Å². The van der Waals surface area contributed by atoms with E-state index in [1.165, 1.54) is 24.3 Å². The first kappa shape index (κ1) is 36.1. The fourth-order valence-corrected chi connectivity index (χ4v) is 8.59. The molecule has 0 aromatic heterocycles. The van der Waals surface area contributed by atoms with Crippen molar-refractivity contribution in [2.45, 2.75) is 16.3 Å². The zero-order valence-corrected chi connectivity index (χ0v) is 30.2. The summed E-state index contributed by atoms with van der Waals surface area (Å²) in [5, 5.41) is 15.3. The first-order valence-electron chi connectivity index (χ1n) is 17.7. The minimum Gasteiger partial charge on any atom is -0.425 e. The number of esters is 1. The van der Waals surface area contributed by atoms with Crippen LogP contribution in [0.4, 0.5) is 5.69 Å². The van der Waals surface area contributed by atoms with Gasteiger partial charge in [0.2, 0.25) is 0 Å². The van der Waals surface area contributed by atoms with Crippen LogP contribution in [0.25, 0.3) is 0 Å². The van der Waals surface area contributed by atoms with E-state index in [4.69, 9.17) is 4.74 Å². The maximum Gasteiger partial charge on any atom is 0.329 e. The Morgan fingerprint density at radius 2 is 0.870 bits per heavy atom. The molecule has 0 bridgehead atoms. The summed E-state index contributed by atoms with van der Waals surface area (Å²) in [6.45, 7) is 0. The van der Waals surface area contributed by atoms with E-state index in [9.17, 15) is 14.9 Å². The number of nitro groups is 1. The smallest absolute Gasteiger partial charge is 0.329 e. The summed E-state index contributed by atoms with van der Waals surface area (Å²) in [5.74, 6) is -0.0298. The molecule has 0 saturated heterocycles. The topological polar surface area (TPSA) is 81.5 Å². The lowest BCUT2D eigenvalue weighted by Gasteiger charge is -2.41. The molecule has 6 nitrogen and oxygen atoms in total. The van der Waals surface area contributed by atoms with Gasteiger partial charge in [-0.05, 0) is 45.5 Å². The normalized spacial score (nSPS) is 12.1. The van der Waals surface area contributed by atoms with E-state index in [2.05, 4.69) is 78.1 Å². The number of nitrogens with one attached hydrogen (secondary N) is 1. The van der Waals surface area contributed by atoms with Crippen LogP contribution < -0.4 is 10.1 Å². The zero-order chi connectivity index (χ0) is 37.2. The summed E-state index contributed by atoms with van der Waals surface area (Å²) in [7, 11) is 0. The number of nitrogens with zero attached hydrogens (tertiary/aromatic N) is 1. The second-order valence-corrected chi connectivity index (χ2v) is 14.0. The highest BCUT2D eigenvalue weighted by Crippen LogP contribution is 2.49. The van der Waals surface area contributed by atoms with Gasteiger partial charge in [0.1, 0.15) is 11.8 Å². The molecule has 1 unspecified atom stereocenters. The molecule has 0 aliphatic rings. The summed E-state index contributed by atoms with van der Waals surface area (Å²) in [6, 6.07) is 66.1. The van der Waals surface area contributed by atoms with Crippen LogP contribution in [-0.2, 0) is 15.1 Å². The SMILES string of the molecule is O=C(Oc1ccc([N+](=O)[O-])cc1)C(CSC(c1ccccc1)(c1ccccc1)c1ccccc1)NC(c1ccccc1)(c1ccccc1)c1ccccc1. The van der Waals surface area contributed by atoms with Crippen LogP contribution in [0.3, 0.4) is 0 Å². The molecular formula is C47H38N2O4S. The molecule has 0 saturated carbocycles. The number of hydrogen-bond donors (Lipinski definition) is 1. The van der Waals surface area contributed by atoms with E-state index in [0.29, 0.717) is 0 Å². The third kappa shape index (κ3) is 7.46. The molecule has 0 spiro atoms. The molecule has 0 fully saturated rings.